The van der Waals surface area contributed by atoms with Gasteiger partial charge in [-0.15, -0.1) is 0 Å². The Bertz CT molecular complexity index is 989. The molecule has 0 aromatic heterocycles. The SMILES string of the molecule is CC1CCCN(C(=O)COC(=O)CCNS(=O)(=O)c2ccc3ccccc3c2)C1. The van der Waals surface area contributed by atoms with Crippen molar-refractivity contribution in [2.75, 3.05) is 26.2 Å². The highest BCUT2D eigenvalue weighted by Crippen LogP contribution is 2.19. The van der Waals surface area contributed by atoms with Crippen LogP contribution < -0.4 is 4.72 Å². The molecular formula is C21H26N2O5S. The number of esters is 1. The van der Waals surface area contributed by atoms with Crippen molar-refractivity contribution in [1.29, 1.82) is 0 Å². The van der Waals surface area contributed by atoms with Gasteiger partial charge in [-0.05, 0) is 41.7 Å². The lowest BCUT2D eigenvalue weighted by molar-refractivity contribution is -0.152. The van der Waals surface area contributed by atoms with E-state index in [1.54, 1.807) is 17.0 Å². The van der Waals surface area contributed by atoms with E-state index in [4.69, 9.17) is 4.74 Å². The Morgan fingerprint density at radius 1 is 1.17 bits per heavy atom. The van der Waals surface area contributed by atoms with Crippen molar-refractivity contribution in [3.63, 3.8) is 0 Å². The van der Waals surface area contributed by atoms with Gasteiger partial charge in [0.05, 0.1) is 11.3 Å². The molecule has 156 valence electrons. The first kappa shape index (κ1) is 21.3. The minimum atomic E-state index is -3.73. The number of carbonyl (C=O) groups is 2. The minimum absolute atomic E-state index is 0.0943. The van der Waals surface area contributed by atoms with Gasteiger partial charge in [0.1, 0.15) is 0 Å². The number of sulfonamides is 1. The summed E-state index contributed by atoms with van der Waals surface area (Å²) in [6.07, 6.45) is 1.91. The number of benzene rings is 2. The second-order valence-electron chi connectivity index (χ2n) is 7.40. The first-order valence-electron chi connectivity index (χ1n) is 9.77. The molecule has 29 heavy (non-hydrogen) atoms. The number of likely N-dealkylation sites (tertiary alicyclic amines) is 1. The summed E-state index contributed by atoms with van der Waals surface area (Å²) in [5.41, 5.74) is 0. The van der Waals surface area contributed by atoms with Crippen LogP contribution in [0.2, 0.25) is 0 Å². The molecule has 2 aromatic carbocycles. The topological polar surface area (TPSA) is 92.8 Å². The molecule has 1 amide bonds. The molecule has 0 radical (unpaired) electrons. The fourth-order valence-corrected chi connectivity index (χ4v) is 4.49. The molecule has 0 spiro atoms. The maximum Gasteiger partial charge on any atom is 0.307 e. The lowest BCUT2D eigenvalue weighted by Crippen LogP contribution is -2.41. The molecule has 1 N–H and O–H groups in total. The van der Waals surface area contributed by atoms with Crippen LogP contribution in [0.3, 0.4) is 0 Å². The normalized spacial score (nSPS) is 17.3. The van der Waals surface area contributed by atoms with Crippen LogP contribution in [0.1, 0.15) is 26.2 Å². The summed E-state index contributed by atoms with van der Waals surface area (Å²) in [5.74, 6) is -0.362. The van der Waals surface area contributed by atoms with E-state index in [9.17, 15) is 18.0 Å². The fraction of sp³-hybridized carbons (Fsp3) is 0.429. The van der Waals surface area contributed by atoms with Crippen LogP contribution in [-0.4, -0.2) is 51.4 Å². The molecule has 0 aliphatic carbocycles. The number of hydrogen-bond donors (Lipinski definition) is 1. The zero-order chi connectivity index (χ0) is 20.9. The van der Waals surface area contributed by atoms with Crippen LogP contribution in [0.4, 0.5) is 0 Å². The van der Waals surface area contributed by atoms with E-state index in [1.807, 2.05) is 24.3 Å². The second kappa shape index (κ2) is 9.37. The molecule has 1 atom stereocenters. The van der Waals surface area contributed by atoms with Crippen LogP contribution in [0.25, 0.3) is 10.8 Å². The van der Waals surface area contributed by atoms with Crippen LogP contribution in [-0.2, 0) is 24.3 Å². The van der Waals surface area contributed by atoms with Gasteiger partial charge in [0.25, 0.3) is 5.91 Å². The van der Waals surface area contributed by atoms with Crippen LogP contribution in [0.15, 0.2) is 47.4 Å². The summed E-state index contributed by atoms with van der Waals surface area (Å²) in [7, 11) is -3.73. The second-order valence-corrected chi connectivity index (χ2v) is 9.17. The van der Waals surface area contributed by atoms with E-state index in [1.165, 1.54) is 6.07 Å². The summed E-state index contributed by atoms with van der Waals surface area (Å²) in [6, 6.07) is 12.3. The van der Waals surface area contributed by atoms with Gasteiger partial charge < -0.3 is 9.64 Å². The number of hydrogen-bond acceptors (Lipinski definition) is 5. The molecule has 0 saturated carbocycles. The molecule has 1 aliphatic heterocycles. The first-order valence-corrected chi connectivity index (χ1v) is 11.3. The average molecular weight is 419 g/mol. The number of nitrogens with one attached hydrogen (secondary N) is 1. The molecule has 1 aliphatic rings. The number of ether oxygens (including phenoxy) is 1. The van der Waals surface area contributed by atoms with Gasteiger partial charge in [0.2, 0.25) is 10.0 Å². The summed E-state index contributed by atoms with van der Waals surface area (Å²) < 4.78 is 32.3. The van der Waals surface area contributed by atoms with Crippen molar-refractivity contribution in [3.05, 3.63) is 42.5 Å². The zero-order valence-electron chi connectivity index (χ0n) is 16.5. The lowest BCUT2D eigenvalue weighted by Gasteiger charge is -2.30. The van der Waals surface area contributed by atoms with Crippen molar-refractivity contribution in [2.45, 2.75) is 31.1 Å². The summed E-state index contributed by atoms with van der Waals surface area (Å²) in [6.45, 7) is 3.06. The smallest absolute Gasteiger partial charge is 0.307 e. The van der Waals surface area contributed by atoms with Crippen molar-refractivity contribution < 1.29 is 22.7 Å². The van der Waals surface area contributed by atoms with E-state index in [0.29, 0.717) is 19.0 Å². The van der Waals surface area contributed by atoms with Gasteiger partial charge in [-0.3, -0.25) is 9.59 Å². The molecule has 1 fully saturated rings. The summed E-state index contributed by atoms with van der Waals surface area (Å²) in [4.78, 5) is 25.8. The third kappa shape index (κ3) is 5.77. The standard InChI is InChI=1S/C21H26N2O5S/c1-16-5-4-12-23(14-16)20(24)15-28-21(25)10-11-22-29(26,27)19-9-8-17-6-2-3-7-18(17)13-19/h2-3,6-9,13,16,22H,4-5,10-12,14-15H2,1H3. The highest BCUT2D eigenvalue weighted by Gasteiger charge is 2.22. The Labute approximate surface area is 171 Å². The molecule has 1 unspecified atom stereocenters. The highest BCUT2D eigenvalue weighted by molar-refractivity contribution is 7.89. The number of fused-ring (bicyclic) bond motifs is 1. The molecule has 1 heterocycles. The summed E-state index contributed by atoms with van der Waals surface area (Å²) in [5, 5.41) is 1.77. The Kier molecular flexibility index (Phi) is 6.87. The monoisotopic (exact) mass is 418 g/mol. The maximum absolute atomic E-state index is 12.4. The lowest BCUT2D eigenvalue weighted by atomic mass is 10.0. The van der Waals surface area contributed by atoms with E-state index < -0.39 is 16.0 Å². The van der Waals surface area contributed by atoms with E-state index in [2.05, 4.69) is 11.6 Å². The van der Waals surface area contributed by atoms with Crippen LogP contribution in [0.5, 0.6) is 0 Å². The number of carbonyl (C=O) groups excluding carboxylic acids is 2. The fourth-order valence-electron chi connectivity index (χ4n) is 3.43. The minimum Gasteiger partial charge on any atom is -0.456 e. The van der Waals surface area contributed by atoms with Gasteiger partial charge in [-0.1, -0.05) is 37.3 Å². The largest absolute Gasteiger partial charge is 0.456 e. The van der Waals surface area contributed by atoms with Crippen LogP contribution >= 0.6 is 0 Å². The molecule has 1 saturated heterocycles. The Balaban J connectivity index is 1.45. The molecular weight excluding hydrogens is 392 g/mol. The van der Waals surface area contributed by atoms with Gasteiger partial charge in [-0.25, -0.2) is 13.1 Å². The van der Waals surface area contributed by atoms with Gasteiger partial charge in [-0.2, -0.15) is 0 Å². The Hall–Kier alpha value is -2.45. The van der Waals surface area contributed by atoms with E-state index in [-0.39, 0.29) is 30.4 Å². The Morgan fingerprint density at radius 3 is 2.69 bits per heavy atom. The third-order valence-corrected chi connectivity index (χ3v) is 6.48. The highest BCUT2D eigenvalue weighted by atomic mass is 32.2. The molecule has 8 heteroatoms. The summed E-state index contributed by atoms with van der Waals surface area (Å²) >= 11 is 0. The van der Waals surface area contributed by atoms with Crippen molar-refractivity contribution in [3.8, 4) is 0 Å². The molecule has 3 rings (SSSR count). The molecule has 2 aromatic rings. The number of amides is 1. The van der Waals surface area contributed by atoms with Crippen molar-refractivity contribution in [1.82, 2.24) is 9.62 Å². The van der Waals surface area contributed by atoms with E-state index >= 15 is 0 Å². The Morgan fingerprint density at radius 2 is 1.93 bits per heavy atom. The average Bonchev–Trinajstić information content (AvgIpc) is 2.71. The third-order valence-electron chi connectivity index (χ3n) is 5.02. The zero-order valence-corrected chi connectivity index (χ0v) is 17.3. The number of nitrogens with zero attached hydrogens (tertiary/aromatic N) is 1. The van der Waals surface area contributed by atoms with Gasteiger partial charge >= 0.3 is 5.97 Å². The van der Waals surface area contributed by atoms with Crippen molar-refractivity contribution >= 4 is 32.7 Å². The maximum atomic E-state index is 12.4. The first-order chi connectivity index (χ1) is 13.8. The van der Waals surface area contributed by atoms with Crippen LogP contribution in [0, 0.1) is 5.92 Å². The predicted octanol–water partition coefficient (Wildman–Crippen LogP) is 2.31. The van der Waals surface area contributed by atoms with Gasteiger partial charge in [0.15, 0.2) is 6.61 Å². The number of piperidine rings is 1. The molecule has 0 bridgehead atoms. The quantitative estimate of drug-likeness (QED) is 0.697. The number of rotatable bonds is 7. The van der Waals surface area contributed by atoms with Gasteiger partial charge in [0, 0.05) is 19.6 Å². The molecule has 7 nitrogen and oxygen atoms in total. The predicted molar refractivity (Wildman–Crippen MR) is 110 cm³/mol. The van der Waals surface area contributed by atoms with Crippen molar-refractivity contribution in [2.24, 2.45) is 5.92 Å². The van der Waals surface area contributed by atoms with E-state index in [0.717, 1.165) is 23.6 Å².